The molecule has 2 fully saturated rings. The first kappa shape index (κ1) is 13.1. The summed E-state index contributed by atoms with van der Waals surface area (Å²) in [5, 5.41) is 27.5. The fraction of sp³-hybridized carbons (Fsp3) is 0.818. The number of carboxylic acids is 1. The number of amides is 2. The number of rotatable bonds is 4. The second-order valence-electron chi connectivity index (χ2n) is 4.83. The summed E-state index contributed by atoms with van der Waals surface area (Å²) in [5.41, 5.74) is 0. The van der Waals surface area contributed by atoms with Crippen LogP contribution >= 0.6 is 0 Å². The summed E-state index contributed by atoms with van der Waals surface area (Å²) in [6, 6.07) is -1.25. The average Bonchev–Trinajstić information content (AvgIpc) is 3.07. The Morgan fingerprint density at radius 1 is 1.33 bits per heavy atom. The van der Waals surface area contributed by atoms with Gasteiger partial charge >= 0.3 is 12.0 Å². The minimum absolute atomic E-state index is 0.0461. The van der Waals surface area contributed by atoms with Gasteiger partial charge in [-0.25, -0.2) is 9.59 Å². The van der Waals surface area contributed by atoms with Gasteiger partial charge in [0.2, 0.25) is 0 Å². The lowest BCUT2D eigenvalue weighted by atomic mass is 10.2. The van der Waals surface area contributed by atoms with E-state index in [2.05, 4.69) is 0 Å². The van der Waals surface area contributed by atoms with Gasteiger partial charge in [-0.1, -0.05) is 0 Å². The van der Waals surface area contributed by atoms with E-state index in [1.165, 1.54) is 9.80 Å². The van der Waals surface area contributed by atoms with E-state index in [1.54, 1.807) is 0 Å². The second kappa shape index (κ2) is 5.11. The summed E-state index contributed by atoms with van der Waals surface area (Å²) < 4.78 is 0. The number of carbonyl (C=O) groups is 2. The van der Waals surface area contributed by atoms with Crippen LogP contribution < -0.4 is 0 Å². The fourth-order valence-electron chi connectivity index (χ4n) is 2.35. The molecule has 18 heavy (non-hydrogen) atoms. The zero-order chi connectivity index (χ0) is 13.3. The van der Waals surface area contributed by atoms with Gasteiger partial charge in [0.05, 0.1) is 12.7 Å². The maximum absolute atomic E-state index is 12.2. The van der Waals surface area contributed by atoms with Gasteiger partial charge < -0.3 is 25.1 Å². The Labute approximate surface area is 105 Å². The van der Waals surface area contributed by atoms with Crippen molar-refractivity contribution in [1.29, 1.82) is 0 Å². The Balaban J connectivity index is 2.08. The molecule has 0 radical (unpaired) electrons. The lowest BCUT2D eigenvalue weighted by molar-refractivity contribution is -0.141. The molecule has 7 heteroatoms. The van der Waals surface area contributed by atoms with Gasteiger partial charge in [0, 0.05) is 25.6 Å². The minimum Gasteiger partial charge on any atom is -0.480 e. The smallest absolute Gasteiger partial charge is 0.326 e. The number of hydrogen-bond donors (Lipinski definition) is 3. The second-order valence-corrected chi connectivity index (χ2v) is 4.83. The largest absolute Gasteiger partial charge is 0.480 e. The highest BCUT2D eigenvalue weighted by Gasteiger charge is 2.43. The summed E-state index contributed by atoms with van der Waals surface area (Å²) in [6.45, 7) is 0.114. The first-order chi connectivity index (χ1) is 8.54. The van der Waals surface area contributed by atoms with E-state index in [0.29, 0.717) is 0 Å². The molecule has 1 aliphatic heterocycles. The molecular formula is C11H18N2O5. The summed E-state index contributed by atoms with van der Waals surface area (Å²) >= 11 is 0. The summed E-state index contributed by atoms with van der Waals surface area (Å²) in [7, 11) is 0. The van der Waals surface area contributed by atoms with Crippen LogP contribution in [0.3, 0.4) is 0 Å². The third-order valence-electron chi connectivity index (χ3n) is 3.38. The molecule has 0 aromatic rings. The molecule has 1 aliphatic carbocycles. The fourth-order valence-corrected chi connectivity index (χ4v) is 2.35. The molecular weight excluding hydrogens is 240 g/mol. The number of carbonyl (C=O) groups excluding carboxylic acids is 1. The van der Waals surface area contributed by atoms with Crippen LogP contribution in [0.1, 0.15) is 19.3 Å². The van der Waals surface area contributed by atoms with E-state index in [0.717, 1.165) is 12.8 Å². The SMILES string of the molecule is O=C(O)C1CC(O)CN1C(=O)N(CCO)C1CC1. The maximum Gasteiger partial charge on any atom is 0.326 e. The molecule has 2 rings (SSSR count). The lowest BCUT2D eigenvalue weighted by Crippen LogP contribution is -2.49. The van der Waals surface area contributed by atoms with Crippen molar-refractivity contribution in [3.8, 4) is 0 Å². The number of likely N-dealkylation sites (tertiary alicyclic amines) is 1. The molecule has 2 aliphatic rings. The van der Waals surface area contributed by atoms with Crippen LogP contribution in [0.2, 0.25) is 0 Å². The third kappa shape index (κ3) is 2.56. The van der Waals surface area contributed by atoms with Crippen LogP contribution in [0.25, 0.3) is 0 Å². The lowest BCUT2D eigenvalue weighted by Gasteiger charge is -2.29. The Hall–Kier alpha value is -1.34. The number of carboxylic acid groups (broad SMARTS) is 1. The molecule has 0 aromatic carbocycles. The molecule has 102 valence electrons. The van der Waals surface area contributed by atoms with Gasteiger partial charge in [-0.3, -0.25) is 0 Å². The van der Waals surface area contributed by atoms with Crippen molar-refractivity contribution >= 4 is 12.0 Å². The quantitative estimate of drug-likeness (QED) is 0.605. The van der Waals surface area contributed by atoms with Crippen molar-refractivity contribution in [2.75, 3.05) is 19.7 Å². The third-order valence-corrected chi connectivity index (χ3v) is 3.38. The highest BCUT2D eigenvalue weighted by Crippen LogP contribution is 2.29. The Morgan fingerprint density at radius 3 is 2.50 bits per heavy atom. The van der Waals surface area contributed by atoms with Crippen molar-refractivity contribution in [2.24, 2.45) is 0 Å². The molecule has 1 heterocycles. The zero-order valence-corrected chi connectivity index (χ0v) is 10.0. The van der Waals surface area contributed by atoms with Gasteiger partial charge in [-0.15, -0.1) is 0 Å². The first-order valence-corrected chi connectivity index (χ1v) is 6.13. The molecule has 2 amide bonds. The minimum atomic E-state index is -1.10. The van der Waals surface area contributed by atoms with Crippen molar-refractivity contribution in [2.45, 2.75) is 37.5 Å². The Morgan fingerprint density at radius 2 is 2.00 bits per heavy atom. The van der Waals surface area contributed by atoms with Crippen molar-refractivity contribution in [3.63, 3.8) is 0 Å². The van der Waals surface area contributed by atoms with Crippen molar-refractivity contribution in [3.05, 3.63) is 0 Å². The molecule has 1 saturated carbocycles. The molecule has 3 N–H and O–H groups in total. The predicted octanol–water partition coefficient (Wildman–Crippen LogP) is -0.917. The number of hydrogen-bond acceptors (Lipinski definition) is 4. The van der Waals surface area contributed by atoms with Crippen LogP contribution in [0.15, 0.2) is 0 Å². The van der Waals surface area contributed by atoms with E-state index in [9.17, 15) is 14.7 Å². The normalized spacial score (nSPS) is 27.3. The van der Waals surface area contributed by atoms with Gasteiger partial charge in [0.1, 0.15) is 6.04 Å². The van der Waals surface area contributed by atoms with Crippen LogP contribution in [-0.4, -0.2) is 75.0 Å². The van der Waals surface area contributed by atoms with Crippen LogP contribution in [-0.2, 0) is 4.79 Å². The Bertz CT molecular complexity index is 344. The standard InChI is InChI=1S/C11H18N2O5/c14-4-3-12(7-1-2-7)11(18)13-6-8(15)5-9(13)10(16)17/h7-9,14-15H,1-6H2,(H,16,17). The molecule has 2 unspecified atom stereocenters. The molecule has 0 bridgehead atoms. The van der Waals surface area contributed by atoms with Crippen molar-refractivity contribution in [1.82, 2.24) is 9.80 Å². The highest BCUT2D eigenvalue weighted by atomic mass is 16.4. The molecule has 7 nitrogen and oxygen atoms in total. The van der Waals surface area contributed by atoms with Gasteiger partial charge in [-0.05, 0) is 12.8 Å². The number of aliphatic hydroxyl groups excluding tert-OH is 2. The number of nitrogens with zero attached hydrogens (tertiary/aromatic N) is 2. The maximum atomic E-state index is 12.2. The molecule has 1 saturated heterocycles. The summed E-state index contributed by atoms with van der Waals surface area (Å²) in [5.74, 6) is -1.10. The van der Waals surface area contributed by atoms with E-state index in [1.807, 2.05) is 0 Å². The molecule has 2 atom stereocenters. The first-order valence-electron chi connectivity index (χ1n) is 6.13. The molecule has 0 spiro atoms. The van der Waals surface area contributed by atoms with Crippen LogP contribution in [0.5, 0.6) is 0 Å². The predicted molar refractivity (Wildman–Crippen MR) is 61.0 cm³/mol. The number of aliphatic hydroxyl groups is 2. The number of aliphatic carboxylic acids is 1. The van der Waals surface area contributed by atoms with Crippen LogP contribution in [0.4, 0.5) is 4.79 Å². The van der Waals surface area contributed by atoms with Crippen molar-refractivity contribution < 1.29 is 24.9 Å². The summed E-state index contributed by atoms with van der Waals surface area (Å²) in [6.07, 6.45) is 1.06. The Kier molecular flexibility index (Phi) is 3.72. The van der Waals surface area contributed by atoms with E-state index in [-0.39, 0.29) is 32.2 Å². The summed E-state index contributed by atoms with van der Waals surface area (Å²) in [4.78, 5) is 26.0. The average molecular weight is 258 g/mol. The number of urea groups is 1. The van der Waals surface area contributed by atoms with Gasteiger partial charge in [0.25, 0.3) is 0 Å². The van der Waals surface area contributed by atoms with E-state index >= 15 is 0 Å². The highest BCUT2D eigenvalue weighted by molar-refractivity contribution is 5.83. The number of β-amino-alcohol motifs (C(OH)–C–C–N with tert-alkyl or cyclic N) is 1. The topological polar surface area (TPSA) is 101 Å². The van der Waals surface area contributed by atoms with E-state index < -0.39 is 24.1 Å². The van der Waals surface area contributed by atoms with Crippen LogP contribution in [0, 0.1) is 0 Å². The molecule has 0 aromatic heterocycles. The van der Waals surface area contributed by atoms with E-state index in [4.69, 9.17) is 10.2 Å². The zero-order valence-electron chi connectivity index (χ0n) is 10.0. The van der Waals surface area contributed by atoms with Gasteiger partial charge in [0.15, 0.2) is 0 Å². The monoisotopic (exact) mass is 258 g/mol. The van der Waals surface area contributed by atoms with Gasteiger partial charge in [-0.2, -0.15) is 0 Å².